The largest absolute Gasteiger partial charge is 0.365 e. The van der Waals surface area contributed by atoms with Crippen molar-refractivity contribution in [3.05, 3.63) is 66.0 Å². The number of nitrogens with zero attached hydrogens (tertiary/aromatic N) is 3. The molecule has 2 heterocycles. The van der Waals surface area contributed by atoms with E-state index in [4.69, 9.17) is 5.73 Å². The van der Waals surface area contributed by atoms with Crippen molar-refractivity contribution in [2.24, 2.45) is 10.7 Å². The number of amides is 1. The number of nitrogens with two attached hydrogens (primary N) is 1. The zero-order valence-electron chi connectivity index (χ0n) is 12.1. The lowest BCUT2D eigenvalue weighted by Gasteiger charge is -2.03. The summed E-state index contributed by atoms with van der Waals surface area (Å²) >= 11 is 0. The Labute approximate surface area is 132 Å². The summed E-state index contributed by atoms with van der Waals surface area (Å²) in [6.45, 7) is 0. The molecule has 23 heavy (non-hydrogen) atoms. The smallest absolute Gasteiger partial charge is 0.256 e. The van der Waals surface area contributed by atoms with Crippen molar-refractivity contribution < 1.29 is 4.79 Å². The van der Waals surface area contributed by atoms with E-state index in [2.05, 4.69) is 25.5 Å². The first-order valence-electron chi connectivity index (χ1n) is 6.88. The second kappa shape index (κ2) is 6.52. The summed E-state index contributed by atoms with van der Waals surface area (Å²) in [5.74, 6) is -0.0104. The Morgan fingerprint density at radius 3 is 2.74 bits per heavy atom. The minimum Gasteiger partial charge on any atom is -0.365 e. The van der Waals surface area contributed by atoms with Crippen LogP contribution in [0.25, 0.3) is 0 Å². The van der Waals surface area contributed by atoms with Crippen LogP contribution in [0.1, 0.15) is 15.9 Å². The van der Waals surface area contributed by atoms with Crippen LogP contribution in [-0.2, 0) is 0 Å². The van der Waals surface area contributed by atoms with Crippen molar-refractivity contribution in [1.29, 1.82) is 0 Å². The van der Waals surface area contributed by atoms with Gasteiger partial charge in [0, 0.05) is 12.4 Å². The molecule has 2 aromatic heterocycles. The molecule has 3 aromatic rings. The quantitative estimate of drug-likeness (QED) is 0.629. The van der Waals surface area contributed by atoms with Gasteiger partial charge in [0.15, 0.2) is 11.6 Å². The number of carbonyl (C=O) groups is 1. The minimum atomic E-state index is -0.620. The number of rotatable bonds is 5. The summed E-state index contributed by atoms with van der Waals surface area (Å²) < 4.78 is 0. The molecular weight excluding hydrogens is 292 g/mol. The molecule has 0 aliphatic rings. The Hall–Kier alpha value is -3.48. The topological polar surface area (TPSA) is 109 Å². The average molecular weight is 306 g/mol. The van der Waals surface area contributed by atoms with E-state index in [9.17, 15) is 4.79 Å². The third-order valence-corrected chi connectivity index (χ3v) is 3.06. The number of anilines is 2. The first-order chi connectivity index (χ1) is 11.2. The van der Waals surface area contributed by atoms with Gasteiger partial charge < -0.3 is 11.1 Å². The summed E-state index contributed by atoms with van der Waals surface area (Å²) in [7, 11) is 0. The average Bonchev–Trinajstić information content (AvgIpc) is 2.98. The molecule has 0 spiro atoms. The number of nitrogens with one attached hydrogen (secondary N) is 2. The van der Waals surface area contributed by atoms with E-state index in [1.165, 1.54) is 0 Å². The van der Waals surface area contributed by atoms with Crippen LogP contribution in [0.3, 0.4) is 0 Å². The molecule has 0 unspecified atom stereocenters. The van der Waals surface area contributed by atoms with Crippen molar-refractivity contribution in [1.82, 2.24) is 15.2 Å². The van der Waals surface area contributed by atoms with Gasteiger partial charge in [-0.1, -0.05) is 30.3 Å². The SMILES string of the molecule is NC(=O)c1c(Nc2cccnc2)n[nH]c1/N=C/c1ccccc1. The van der Waals surface area contributed by atoms with E-state index < -0.39 is 5.91 Å². The predicted octanol–water partition coefficient (Wildman–Crippen LogP) is 2.40. The summed E-state index contributed by atoms with van der Waals surface area (Å²) in [6, 6.07) is 13.1. The summed E-state index contributed by atoms with van der Waals surface area (Å²) in [6.07, 6.45) is 4.90. The molecule has 0 aliphatic heterocycles. The molecule has 0 aliphatic carbocycles. The number of pyridine rings is 1. The molecule has 0 atom stereocenters. The Morgan fingerprint density at radius 2 is 2.04 bits per heavy atom. The van der Waals surface area contributed by atoms with Crippen LogP contribution >= 0.6 is 0 Å². The molecule has 0 saturated heterocycles. The van der Waals surface area contributed by atoms with Gasteiger partial charge in [0.2, 0.25) is 0 Å². The van der Waals surface area contributed by atoms with Gasteiger partial charge in [-0.2, -0.15) is 5.10 Å². The van der Waals surface area contributed by atoms with Crippen LogP contribution in [-0.4, -0.2) is 27.3 Å². The second-order valence-corrected chi connectivity index (χ2v) is 4.70. The zero-order valence-corrected chi connectivity index (χ0v) is 12.1. The molecule has 0 fully saturated rings. The maximum atomic E-state index is 11.7. The maximum absolute atomic E-state index is 11.7. The number of aromatic nitrogens is 3. The minimum absolute atomic E-state index is 0.195. The van der Waals surface area contributed by atoms with Gasteiger partial charge in [-0.15, -0.1) is 0 Å². The molecule has 0 saturated carbocycles. The molecule has 0 radical (unpaired) electrons. The van der Waals surface area contributed by atoms with E-state index in [1.807, 2.05) is 30.3 Å². The van der Waals surface area contributed by atoms with Crippen LogP contribution in [0.15, 0.2) is 59.9 Å². The van der Waals surface area contributed by atoms with Gasteiger partial charge in [-0.05, 0) is 17.7 Å². The first kappa shape index (κ1) is 14.5. The summed E-state index contributed by atoms with van der Waals surface area (Å²) in [5, 5.41) is 9.77. The van der Waals surface area contributed by atoms with Gasteiger partial charge in [-0.3, -0.25) is 14.9 Å². The van der Waals surface area contributed by atoms with E-state index in [-0.39, 0.29) is 5.56 Å². The van der Waals surface area contributed by atoms with Gasteiger partial charge in [-0.25, -0.2) is 4.99 Å². The highest BCUT2D eigenvalue weighted by atomic mass is 16.1. The second-order valence-electron chi connectivity index (χ2n) is 4.70. The summed E-state index contributed by atoms with van der Waals surface area (Å²) in [5.41, 5.74) is 7.25. The van der Waals surface area contributed by atoms with Crippen LogP contribution in [0.4, 0.5) is 17.3 Å². The molecule has 0 bridgehead atoms. The highest BCUT2D eigenvalue weighted by Gasteiger charge is 2.18. The lowest BCUT2D eigenvalue weighted by molar-refractivity contribution is 0.100. The Bertz CT molecular complexity index is 826. The zero-order chi connectivity index (χ0) is 16.1. The Morgan fingerprint density at radius 1 is 1.22 bits per heavy atom. The highest BCUT2D eigenvalue weighted by molar-refractivity contribution is 6.03. The molecular formula is C16H14N6O. The number of carbonyl (C=O) groups excluding carboxylic acids is 1. The third kappa shape index (κ3) is 3.41. The molecule has 1 aromatic carbocycles. The maximum Gasteiger partial charge on any atom is 0.256 e. The number of benzene rings is 1. The summed E-state index contributed by atoms with van der Waals surface area (Å²) in [4.78, 5) is 20.0. The number of hydrogen-bond acceptors (Lipinski definition) is 5. The van der Waals surface area contributed by atoms with Crippen molar-refractivity contribution in [3.8, 4) is 0 Å². The molecule has 7 nitrogen and oxygen atoms in total. The van der Waals surface area contributed by atoms with E-state index in [0.29, 0.717) is 17.3 Å². The fourth-order valence-corrected chi connectivity index (χ4v) is 2.00. The molecule has 1 amide bonds. The van der Waals surface area contributed by atoms with Crippen molar-refractivity contribution >= 4 is 29.4 Å². The number of hydrogen-bond donors (Lipinski definition) is 3. The lowest BCUT2D eigenvalue weighted by Crippen LogP contribution is -2.12. The third-order valence-electron chi connectivity index (χ3n) is 3.06. The van der Waals surface area contributed by atoms with E-state index >= 15 is 0 Å². The van der Waals surface area contributed by atoms with Crippen LogP contribution < -0.4 is 11.1 Å². The van der Waals surface area contributed by atoms with Gasteiger partial charge in [0.25, 0.3) is 5.91 Å². The number of aromatic amines is 1. The van der Waals surface area contributed by atoms with Crippen LogP contribution in [0, 0.1) is 0 Å². The Balaban J connectivity index is 1.90. The standard InChI is InChI=1S/C16H14N6O/c17-14(23)13-15(19-9-11-5-2-1-3-6-11)21-22-16(13)20-12-7-4-8-18-10-12/h1-10H,(H2,17,23)(H2,20,21,22)/b19-9+. The van der Waals surface area contributed by atoms with Gasteiger partial charge in [0.1, 0.15) is 5.56 Å². The fourth-order valence-electron chi connectivity index (χ4n) is 2.00. The monoisotopic (exact) mass is 306 g/mol. The van der Waals surface area contributed by atoms with Crippen LogP contribution in [0.5, 0.6) is 0 Å². The number of H-pyrrole nitrogens is 1. The Kier molecular flexibility index (Phi) is 4.10. The van der Waals surface area contributed by atoms with Gasteiger partial charge in [0.05, 0.1) is 11.9 Å². The fraction of sp³-hybridized carbons (Fsp3) is 0. The van der Waals surface area contributed by atoms with Gasteiger partial charge >= 0.3 is 0 Å². The molecule has 4 N–H and O–H groups in total. The molecule has 114 valence electrons. The van der Waals surface area contributed by atoms with E-state index in [0.717, 1.165) is 5.56 Å². The van der Waals surface area contributed by atoms with Crippen molar-refractivity contribution in [2.45, 2.75) is 0 Å². The molecule has 7 heteroatoms. The predicted molar refractivity (Wildman–Crippen MR) is 88.3 cm³/mol. The number of aliphatic imine (C=N–C) groups is 1. The normalized spacial score (nSPS) is 10.8. The number of primary amides is 1. The van der Waals surface area contributed by atoms with Crippen LogP contribution in [0.2, 0.25) is 0 Å². The lowest BCUT2D eigenvalue weighted by atomic mass is 10.2. The molecule has 3 rings (SSSR count). The highest BCUT2D eigenvalue weighted by Crippen LogP contribution is 2.25. The first-order valence-corrected chi connectivity index (χ1v) is 6.88. The van der Waals surface area contributed by atoms with E-state index in [1.54, 1.807) is 30.7 Å². The van der Waals surface area contributed by atoms with Crippen molar-refractivity contribution in [2.75, 3.05) is 5.32 Å². The van der Waals surface area contributed by atoms with Crippen molar-refractivity contribution in [3.63, 3.8) is 0 Å².